The Morgan fingerprint density at radius 1 is 1.04 bits per heavy atom. The highest BCUT2D eigenvalue weighted by atomic mass is 35.5. The average molecular weight is 344 g/mol. The van der Waals surface area contributed by atoms with Gasteiger partial charge in [-0.25, -0.2) is 0 Å². The second-order valence-electron chi connectivity index (χ2n) is 6.06. The Bertz CT molecular complexity index is 730. The lowest BCUT2D eigenvalue weighted by molar-refractivity contribution is -0.141. The first-order chi connectivity index (χ1) is 11.5. The van der Waals surface area contributed by atoms with Gasteiger partial charge in [-0.15, -0.1) is 0 Å². The van der Waals surface area contributed by atoms with Gasteiger partial charge >= 0.3 is 5.97 Å². The van der Waals surface area contributed by atoms with Crippen LogP contribution in [0.5, 0.6) is 0 Å². The van der Waals surface area contributed by atoms with Crippen molar-refractivity contribution in [3.05, 3.63) is 70.7 Å². The molecule has 24 heavy (non-hydrogen) atoms. The molecule has 1 saturated heterocycles. The number of hydrogen-bond acceptors (Lipinski definition) is 2. The van der Waals surface area contributed by atoms with Gasteiger partial charge in [-0.1, -0.05) is 54.1 Å². The fraction of sp³-hybridized carbons (Fsp3) is 0.263. The third kappa shape index (κ3) is 3.60. The zero-order valence-electron chi connectivity index (χ0n) is 13.1. The van der Waals surface area contributed by atoms with E-state index in [1.54, 1.807) is 17.0 Å². The van der Waals surface area contributed by atoms with Crippen LogP contribution in [0.2, 0.25) is 5.02 Å². The van der Waals surface area contributed by atoms with Crippen LogP contribution >= 0.6 is 11.6 Å². The van der Waals surface area contributed by atoms with Gasteiger partial charge in [0.25, 0.3) is 0 Å². The Kier molecular flexibility index (Phi) is 4.86. The molecular weight excluding hydrogens is 326 g/mol. The summed E-state index contributed by atoms with van der Waals surface area (Å²) in [7, 11) is 0. The molecule has 124 valence electrons. The number of hydrogen-bond donors (Lipinski definition) is 1. The molecule has 1 N–H and O–H groups in total. The zero-order chi connectivity index (χ0) is 17.1. The fourth-order valence-corrected chi connectivity index (χ4v) is 3.31. The molecule has 1 heterocycles. The van der Waals surface area contributed by atoms with Crippen molar-refractivity contribution >= 4 is 23.5 Å². The molecule has 0 unspecified atom stereocenters. The van der Waals surface area contributed by atoms with Crippen LogP contribution in [0, 0.1) is 5.92 Å². The van der Waals surface area contributed by atoms with Crippen molar-refractivity contribution in [3.63, 3.8) is 0 Å². The Balaban J connectivity index is 1.76. The van der Waals surface area contributed by atoms with E-state index in [0.29, 0.717) is 18.0 Å². The van der Waals surface area contributed by atoms with Gasteiger partial charge in [0.2, 0.25) is 5.91 Å². The smallest absolute Gasteiger partial charge is 0.308 e. The predicted octanol–water partition coefficient (Wildman–Crippen LogP) is 3.21. The van der Waals surface area contributed by atoms with Crippen molar-refractivity contribution in [1.82, 2.24) is 4.90 Å². The quantitative estimate of drug-likeness (QED) is 0.927. The van der Waals surface area contributed by atoms with E-state index in [0.717, 1.165) is 11.1 Å². The molecule has 1 fully saturated rings. The summed E-state index contributed by atoms with van der Waals surface area (Å²) in [5.74, 6) is -1.71. The van der Waals surface area contributed by atoms with Crippen molar-refractivity contribution in [2.24, 2.45) is 5.92 Å². The monoisotopic (exact) mass is 343 g/mol. The fourth-order valence-electron chi connectivity index (χ4n) is 3.19. The highest BCUT2D eigenvalue weighted by molar-refractivity contribution is 6.30. The van der Waals surface area contributed by atoms with Gasteiger partial charge in [-0.3, -0.25) is 9.59 Å². The summed E-state index contributed by atoms with van der Waals surface area (Å²) >= 11 is 5.91. The van der Waals surface area contributed by atoms with E-state index in [1.807, 2.05) is 42.5 Å². The SMILES string of the molecule is O=C(O)[C@@H]1CN(C(=O)Cc2ccccc2)C[C@H]1c1ccc(Cl)cc1. The summed E-state index contributed by atoms with van der Waals surface area (Å²) in [6.07, 6.45) is 0.292. The number of benzene rings is 2. The predicted molar refractivity (Wildman–Crippen MR) is 92.0 cm³/mol. The maximum atomic E-state index is 12.5. The maximum absolute atomic E-state index is 12.5. The Hall–Kier alpha value is -2.33. The van der Waals surface area contributed by atoms with Crippen LogP contribution in [-0.4, -0.2) is 35.0 Å². The number of halogens is 1. The van der Waals surface area contributed by atoms with E-state index >= 15 is 0 Å². The van der Waals surface area contributed by atoms with Crippen LogP contribution in [0.4, 0.5) is 0 Å². The topological polar surface area (TPSA) is 57.6 Å². The van der Waals surface area contributed by atoms with Crippen molar-refractivity contribution < 1.29 is 14.7 Å². The molecule has 2 atom stereocenters. The van der Waals surface area contributed by atoms with E-state index in [9.17, 15) is 14.7 Å². The van der Waals surface area contributed by atoms with Crippen molar-refractivity contribution in [2.45, 2.75) is 12.3 Å². The third-order valence-corrected chi connectivity index (χ3v) is 4.74. The van der Waals surface area contributed by atoms with Crippen LogP contribution in [0.1, 0.15) is 17.0 Å². The molecule has 0 spiro atoms. The number of nitrogens with zero attached hydrogens (tertiary/aromatic N) is 1. The number of rotatable bonds is 4. The molecule has 0 saturated carbocycles. The molecule has 4 nitrogen and oxygen atoms in total. The summed E-state index contributed by atoms with van der Waals surface area (Å²) in [5, 5.41) is 10.1. The highest BCUT2D eigenvalue weighted by Gasteiger charge is 2.40. The van der Waals surface area contributed by atoms with Crippen LogP contribution in [0.25, 0.3) is 0 Å². The van der Waals surface area contributed by atoms with Gasteiger partial charge in [0.05, 0.1) is 12.3 Å². The van der Waals surface area contributed by atoms with E-state index < -0.39 is 11.9 Å². The second-order valence-corrected chi connectivity index (χ2v) is 6.50. The molecule has 0 aromatic heterocycles. The lowest BCUT2D eigenvalue weighted by Gasteiger charge is -2.16. The summed E-state index contributed by atoms with van der Waals surface area (Å²) < 4.78 is 0. The van der Waals surface area contributed by atoms with Gasteiger partial charge < -0.3 is 10.0 Å². The first-order valence-electron chi connectivity index (χ1n) is 7.84. The van der Waals surface area contributed by atoms with Gasteiger partial charge in [0.15, 0.2) is 0 Å². The Morgan fingerprint density at radius 3 is 2.33 bits per heavy atom. The van der Waals surface area contributed by atoms with Crippen LogP contribution in [0.3, 0.4) is 0 Å². The lowest BCUT2D eigenvalue weighted by atomic mass is 9.89. The van der Waals surface area contributed by atoms with Crippen molar-refractivity contribution in [3.8, 4) is 0 Å². The standard InChI is InChI=1S/C19H18ClNO3/c20-15-8-6-14(7-9-15)16-11-21(12-17(16)19(23)24)18(22)10-13-4-2-1-3-5-13/h1-9,16-17H,10-12H2,(H,23,24)/t16-,17+/m0/s1. The van der Waals surface area contributed by atoms with Gasteiger partial charge in [-0.2, -0.15) is 0 Å². The summed E-state index contributed by atoms with van der Waals surface area (Å²) in [5.41, 5.74) is 1.84. The molecule has 0 aliphatic carbocycles. The number of aliphatic carboxylic acids is 1. The number of carboxylic acids is 1. The summed E-state index contributed by atoms with van der Waals surface area (Å²) in [4.78, 5) is 25.8. The minimum absolute atomic E-state index is 0.0380. The summed E-state index contributed by atoms with van der Waals surface area (Å²) in [6, 6.07) is 16.7. The minimum atomic E-state index is -0.870. The van der Waals surface area contributed by atoms with Gasteiger partial charge in [-0.05, 0) is 23.3 Å². The van der Waals surface area contributed by atoms with Gasteiger partial charge in [0, 0.05) is 24.0 Å². The first kappa shape index (κ1) is 16.5. The number of carbonyl (C=O) groups is 2. The van der Waals surface area contributed by atoms with E-state index in [-0.39, 0.29) is 18.4 Å². The molecule has 3 rings (SSSR count). The molecule has 1 amide bonds. The van der Waals surface area contributed by atoms with Crippen molar-refractivity contribution in [2.75, 3.05) is 13.1 Å². The number of carboxylic acid groups (broad SMARTS) is 1. The number of carbonyl (C=O) groups excluding carboxylic acids is 1. The van der Waals surface area contributed by atoms with E-state index in [1.165, 1.54) is 0 Å². The third-order valence-electron chi connectivity index (χ3n) is 4.49. The van der Waals surface area contributed by atoms with Gasteiger partial charge in [0.1, 0.15) is 0 Å². The maximum Gasteiger partial charge on any atom is 0.308 e. The lowest BCUT2D eigenvalue weighted by Crippen LogP contribution is -2.31. The molecular formula is C19H18ClNO3. The van der Waals surface area contributed by atoms with E-state index in [4.69, 9.17) is 11.6 Å². The average Bonchev–Trinajstić information content (AvgIpc) is 3.02. The molecule has 2 aromatic carbocycles. The largest absolute Gasteiger partial charge is 0.481 e. The Labute approximate surface area is 145 Å². The normalized spacial score (nSPS) is 20.1. The molecule has 5 heteroatoms. The highest BCUT2D eigenvalue weighted by Crippen LogP contribution is 2.33. The zero-order valence-corrected chi connectivity index (χ0v) is 13.8. The Morgan fingerprint density at radius 2 is 1.71 bits per heavy atom. The van der Waals surface area contributed by atoms with Crippen molar-refractivity contribution in [1.29, 1.82) is 0 Å². The first-order valence-corrected chi connectivity index (χ1v) is 8.22. The van der Waals surface area contributed by atoms with Crippen LogP contribution in [0.15, 0.2) is 54.6 Å². The van der Waals surface area contributed by atoms with Crippen LogP contribution in [-0.2, 0) is 16.0 Å². The molecule has 2 aromatic rings. The van der Waals surface area contributed by atoms with Crippen LogP contribution < -0.4 is 0 Å². The van der Waals surface area contributed by atoms with E-state index in [2.05, 4.69) is 0 Å². The molecule has 0 bridgehead atoms. The second kappa shape index (κ2) is 7.05. The number of amides is 1. The molecule has 1 aliphatic rings. The summed E-state index contributed by atoms with van der Waals surface area (Å²) in [6.45, 7) is 0.665. The molecule has 0 radical (unpaired) electrons. The molecule has 1 aliphatic heterocycles. The number of likely N-dealkylation sites (tertiary alicyclic amines) is 1. The minimum Gasteiger partial charge on any atom is -0.481 e.